The number of hydrogen-bond acceptors (Lipinski definition) is 5. The fourth-order valence-corrected chi connectivity index (χ4v) is 3.54. The third kappa shape index (κ3) is 5.41. The van der Waals surface area contributed by atoms with Gasteiger partial charge in [-0.3, -0.25) is 9.59 Å². The predicted molar refractivity (Wildman–Crippen MR) is 97.7 cm³/mol. The van der Waals surface area contributed by atoms with Crippen molar-refractivity contribution in [1.29, 1.82) is 0 Å². The molecule has 1 amide bonds. The molecule has 2 rings (SSSR count). The van der Waals surface area contributed by atoms with Crippen molar-refractivity contribution in [2.45, 2.75) is 31.7 Å². The second kappa shape index (κ2) is 8.83. The molecule has 0 saturated carbocycles. The highest BCUT2D eigenvalue weighted by molar-refractivity contribution is 7.89. The molecule has 0 spiro atoms. The number of carboxylic acids is 1. The van der Waals surface area contributed by atoms with E-state index in [2.05, 4.69) is 4.72 Å². The average molecular weight is 394 g/mol. The molecule has 0 saturated heterocycles. The number of benzene rings is 1. The van der Waals surface area contributed by atoms with E-state index in [1.807, 2.05) is 6.92 Å². The first kappa shape index (κ1) is 20.7. The van der Waals surface area contributed by atoms with Crippen molar-refractivity contribution in [3.05, 3.63) is 53.5 Å². The Hall–Kier alpha value is -2.65. The number of carbonyl (C=O) groups is 2. The van der Waals surface area contributed by atoms with E-state index in [0.29, 0.717) is 17.7 Å². The van der Waals surface area contributed by atoms with E-state index in [1.165, 1.54) is 29.4 Å². The van der Waals surface area contributed by atoms with E-state index < -0.39 is 28.4 Å². The highest BCUT2D eigenvalue weighted by Crippen LogP contribution is 2.18. The minimum atomic E-state index is -3.87. The molecule has 0 aliphatic rings. The molecular formula is C18H22N2O6S. The molecule has 146 valence electrons. The Bertz CT molecular complexity index is 906. The van der Waals surface area contributed by atoms with Crippen LogP contribution in [0.1, 0.15) is 35.0 Å². The van der Waals surface area contributed by atoms with Crippen molar-refractivity contribution >= 4 is 21.9 Å². The molecule has 0 bridgehead atoms. The zero-order chi connectivity index (χ0) is 20.0. The molecule has 1 aromatic heterocycles. The van der Waals surface area contributed by atoms with E-state index in [0.717, 1.165) is 0 Å². The second-order valence-corrected chi connectivity index (χ2v) is 7.77. The summed E-state index contributed by atoms with van der Waals surface area (Å²) < 4.78 is 32.5. The van der Waals surface area contributed by atoms with Gasteiger partial charge in [-0.1, -0.05) is 13.0 Å². The Morgan fingerprint density at radius 1 is 1.26 bits per heavy atom. The number of nitrogens with one attached hydrogen (secondary N) is 1. The number of carboxylic acid groups (broad SMARTS) is 1. The van der Waals surface area contributed by atoms with Gasteiger partial charge in [-0.25, -0.2) is 13.1 Å². The van der Waals surface area contributed by atoms with E-state index in [1.54, 1.807) is 19.1 Å². The van der Waals surface area contributed by atoms with Crippen LogP contribution in [0.5, 0.6) is 0 Å². The van der Waals surface area contributed by atoms with Gasteiger partial charge in [0.25, 0.3) is 5.91 Å². The van der Waals surface area contributed by atoms with Crippen molar-refractivity contribution in [3.63, 3.8) is 0 Å². The third-order valence-corrected chi connectivity index (χ3v) is 5.27. The molecule has 0 aliphatic carbocycles. The molecule has 0 fully saturated rings. The van der Waals surface area contributed by atoms with Crippen molar-refractivity contribution in [2.75, 3.05) is 13.1 Å². The summed E-state index contributed by atoms with van der Waals surface area (Å²) >= 11 is 0. The predicted octanol–water partition coefficient (Wildman–Crippen LogP) is 2.00. The lowest BCUT2D eigenvalue weighted by atomic mass is 10.1. The Morgan fingerprint density at radius 2 is 2.00 bits per heavy atom. The molecule has 9 heteroatoms. The van der Waals surface area contributed by atoms with Crippen molar-refractivity contribution in [3.8, 4) is 0 Å². The van der Waals surface area contributed by atoms with E-state index in [4.69, 9.17) is 9.52 Å². The van der Waals surface area contributed by atoms with Crippen LogP contribution in [0.4, 0.5) is 0 Å². The molecular weight excluding hydrogens is 372 g/mol. The van der Waals surface area contributed by atoms with Gasteiger partial charge in [0.15, 0.2) is 0 Å². The molecule has 0 radical (unpaired) electrons. The van der Waals surface area contributed by atoms with E-state index in [9.17, 15) is 18.0 Å². The maximum Gasteiger partial charge on any atom is 0.323 e. The number of nitrogens with zero attached hydrogens (tertiary/aromatic N) is 1. The number of hydrogen-bond donors (Lipinski definition) is 2. The summed E-state index contributed by atoms with van der Waals surface area (Å²) in [6, 6.07) is 7.49. The van der Waals surface area contributed by atoms with Crippen LogP contribution in [-0.4, -0.2) is 43.4 Å². The molecule has 2 aromatic rings. The lowest BCUT2D eigenvalue weighted by molar-refractivity contribution is -0.137. The van der Waals surface area contributed by atoms with Gasteiger partial charge in [0.05, 0.1) is 17.7 Å². The number of aryl methyl sites for hydroxylation is 1. The number of sulfonamides is 1. The minimum Gasteiger partial charge on any atom is -0.480 e. The van der Waals surface area contributed by atoms with Crippen molar-refractivity contribution < 1.29 is 27.5 Å². The smallest absolute Gasteiger partial charge is 0.323 e. The van der Waals surface area contributed by atoms with Crippen LogP contribution in [0.25, 0.3) is 0 Å². The number of furan rings is 1. The molecule has 27 heavy (non-hydrogen) atoms. The highest BCUT2D eigenvalue weighted by atomic mass is 32.2. The summed E-state index contributed by atoms with van der Waals surface area (Å²) in [5.41, 5.74) is 0.724. The van der Waals surface area contributed by atoms with Crippen molar-refractivity contribution in [1.82, 2.24) is 9.62 Å². The Balaban J connectivity index is 2.28. The molecule has 0 atom stereocenters. The topological polar surface area (TPSA) is 117 Å². The van der Waals surface area contributed by atoms with Gasteiger partial charge in [0, 0.05) is 12.1 Å². The van der Waals surface area contributed by atoms with Crippen molar-refractivity contribution in [2.24, 2.45) is 0 Å². The summed E-state index contributed by atoms with van der Waals surface area (Å²) in [7, 11) is -3.87. The quantitative estimate of drug-likeness (QED) is 0.672. The largest absolute Gasteiger partial charge is 0.480 e. The first-order valence-corrected chi connectivity index (χ1v) is 9.86. The molecule has 0 aliphatic heterocycles. The summed E-state index contributed by atoms with van der Waals surface area (Å²) in [5.74, 6) is -1.18. The standard InChI is InChI=1S/C18H22N2O6S/c1-3-8-20(12-17(21)22)18(23)16-10-15(7-6-13(16)2)27(24,25)19-11-14-5-4-9-26-14/h4-7,9-10,19H,3,8,11-12H2,1-2H3,(H,21,22). The first-order chi connectivity index (χ1) is 12.7. The Kier molecular flexibility index (Phi) is 6.75. The SMILES string of the molecule is CCCN(CC(=O)O)C(=O)c1cc(S(=O)(=O)NCc2ccco2)ccc1C. The van der Waals surface area contributed by atoms with Gasteiger partial charge >= 0.3 is 5.97 Å². The van der Waals surface area contributed by atoms with Crippen LogP contribution < -0.4 is 4.72 Å². The second-order valence-electron chi connectivity index (χ2n) is 6.00. The average Bonchev–Trinajstić information content (AvgIpc) is 3.12. The molecule has 1 heterocycles. The molecule has 8 nitrogen and oxygen atoms in total. The van der Waals surface area contributed by atoms with Gasteiger partial charge in [-0.15, -0.1) is 0 Å². The van der Waals surface area contributed by atoms with Gasteiger partial charge in [0.1, 0.15) is 12.3 Å². The number of rotatable bonds is 9. The molecule has 1 aromatic carbocycles. The first-order valence-electron chi connectivity index (χ1n) is 8.38. The monoisotopic (exact) mass is 394 g/mol. The van der Waals surface area contributed by atoms with Crippen LogP contribution in [0.15, 0.2) is 45.9 Å². The van der Waals surface area contributed by atoms with Crippen LogP contribution in [0.2, 0.25) is 0 Å². The summed E-state index contributed by atoms with van der Waals surface area (Å²) in [6.45, 7) is 3.30. The fraction of sp³-hybridized carbons (Fsp3) is 0.333. The zero-order valence-corrected chi connectivity index (χ0v) is 16.0. The van der Waals surface area contributed by atoms with Gasteiger partial charge in [-0.05, 0) is 43.2 Å². The Labute approximate surface area is 157 Å². The summed E-state index contributed by atoms with van der Waals surface area (Å²) in [6.07, 6.45) is 2.03. The zero-order valence-electron chi connectivity index (χ0n) is 15.1. The maximum atomic E-state index is 12.7. The Morgan fingerprint density at radius 3 is 2.59 bits per heavy atom. The molecule has 2 N–H and O–H groups in total. The number of carbonyl (C=O) groups excluding carboxylic acids is 1. The van der Waals surface area contributed by atoms with Gasteiger partial charge in [-0.2, -0.15) is 0 Å². The summed E-state index contributed by atoms with van der Waals surface area (Å²) in [5, 5.41) is 9.01. The summed E-state index contributed by atoms with van der Waals surface area (Å²) in [4.78, 5) is 24.9. The fourth-order valence-electron chi connectivity index (χ4n) is 2.52. The van der Waals surface area contributed by atoms with Crippen LogP contribution >= 0.6 is 0 Å². The highest BCUT2D eigenvalue weighted by Gasteiger charge is 2.22. The lowest BCUT2D eigenvalue weighted by Crippen LogP contribution is -2.36. The number of aliphatic carboxylic acids is 1. The van der Waals surface area contributed by atoms with Crippen LogP contribution in [-0.2, 0) is 21.4 Å². The van der Waals surface area contributed by atoms with E-state index in [-0.39, 0.29) is 23.5 Å². The number of amides is 1. The minimum absolute atomic E-state index is 0.0204. The van der Waals surface area contributed by atoms with E-state index >= 15 is 0 Å². The van der Waals surface area contributed by atoms with Crippen LogP contribution in [0.3, 0.4) is 0 Å². The normalized spacial score (nSPS) is 11.3. The van der Waals surface area contributed by atoms with Gasteiger partial charge in [0.2, 0.25) is 10.0 Å². The van der Waals surface area contributed by atoms with Gasteiger partial charge < -0.3 is 14.4 Å². The third-order valence-electron chi connectivity index (χ3n) is 3.87. The molecule has 0 unspecified atom stereocenters. The lowest BCUT2D eigenvalue weighted by Gasteiger charge is -2.21. The van der Waals surface area contributed by atoms with Crippen LogP contribution in [0, 0.1) is 6.92 Å². The maximum absolute atomic E-state index is 12.7.